The van der Waals surface area contributed by atoms with Crippen LogP contribution in [0.3, 0.4) is 0 Å². The first-order valence-electron chi connectivity index (χ1n) is 10.1. The third-order valence-electron chi connectivity index (χ3n) is 6.09. The zero-order valence-electron chi connectivity index (χ0n) is 17.0. The molecule has 2 atom stereocenters. The highest BCUT2D eigenvalue weighted by Crippen LogP contribution is 2.46. The average molecular weight is 440 g/mol. The molecular formula is C24H22ClNO5. The number of halogens is 1. The first-order chi connectivity index (χ1) is 14.9. The summed E-state index contributed by atoms with van der Waals surface area (Å²) in [5.41, 5.74) is 1.89. The lowest BCUT2D eigenvalue weighted by Crippen LogP contribution is -2.45. The molecule has 2 aromatic carbocycles. The van der Waals surface area contributed by atoms with E-state index < -0.39 is 23.5 Å². The molecule has 0 spiro atoms. The number of rotatable bonds is 4. The van der Waals surface area contributed by atoms with Crippen LogP contribution in [0.1, 0.15) is 43.4 Å². The van der Waals surface area contributed by atoms with E-state index in [-0.39, 0.29) is 18.9 Å². The number of hydrogen-bond donors (Lipinski definition) is 0. The molecule has 0 aromatic heterocycles. The molecule has 0 bridgehead atoms. The van der Waals surface area contributed by atoms with Crippen molar-refractivity contribution in [1.29, 1.82) is 0 Å². The lowest BCUT2D eigenvalue weighted by Gasteiger charge is -2.37. The van der Waals surface area contributed by atoms with Crippen LogP contribution in [0.2, 0.25) is 0 Å². The summed E-state index contributed by atoms with van der Waals surface area (Å²) in [6.07, 6.45) is 0.402. The number of hydrogen-bond acceptors (Lipinski definition) is 5. The predicted molar refractivity (Wildman–Crippen MR) is 115 cm³/mol. The van der Waals surface area contributed by atoms with E-state index >= 15 is 0 Å². The zero-order chi connectivity index (χ0) is 22.0. The standard InChI is InChI=1S/C24H22ClNO5/c1-24(22(28)26-20(15-30-23(26)29)17-10-6-3-7-11-17)13-12-18(16-8-4-2-5-9-16)19(14-24)21(27)31-25/h2-11,20H,12-15H2,1H3/t20-,24?/m0/s1. The zero-order valence-corrected chi connectivity index (χ0v) is 17.8. The first-order valence-corrected chi connectivity index (χ1v) is 10.4. The molecule has 1 fully saturated rings. The highest BCUT2D eigenvalue weighted by atomic mass is 35.5. The number of ether oxygens (including phenoxy) is 1. The summed E-state index contributed by atoms with van der Waals surface area (Å²) in [6, 6.07) is 18.3. The Morgan fingerprint density at radius 1 is 1.10 bits per heavy atom. The number of cyclic esters (lactones) is 1. The van der Waals surface area contributed by atoms with Crippen LogP contribution in [0.25, 0.3) is 5.57 Å². The summed E-state index contributed by atoms with van der Waals surface area (Å²) in [5.74, 6) is -1.04. The normalized spacial score (nSPS) is 23.5. The van der Waals surface area contributed by atoms with Gasteiger partial charge >= 0.3 is 12.1 Å². The maximum Gasteiger partial charge on any atom is 0.417 e. The van der Waals surface area contributed by atoms with E-state index in [2.05, 4.69) is 4.29 Å². The summed E-state index contributed by atoms with van der Waals surface area (Å²) in [4.78, 5) is 39.8. The summed E-state index contributed by atoms with van der Waals surface area (Å²) >= 11 is 5.41. The van der Waals surface area contributed by atoms with Crippen LogP contribution in [0, 0.1) is 5.41 Å². The van der Waals surface area contributed by atoms with Gasteiger partial charge in [0.25, 0.3) is 0 Å². The van der Waals surface area contributed by atoms with Gasteiger partial charge in [-0.25, -0.2) is 14.5 Å². The van der Waals surface area contributed by atoms with E-state index in [4.69, 9.17) is 16.6 Å². The lowest BCUT2D eigenvalue weighted by atomic mass is 9.70. The number of allylic oxidation sites excluding steroid dienone is 1. The molecule has 4 rings (SSSR count). The molecule has 1 aliphatic carbocycles. The molecule has 2 aromatic rings. The quantitative estimate of drug-likeness (QED) is 0.666. The number of benzene rings is 2. The predicted octanol–water partition coefficient (Wildman–Crippen LogP) is 5.05. The van der Waals surface area contributed by atoms with Gasteiger partial charge in [-0.05, 0) is 36.0 Å². The molecule has 7 heteroatoms. The van der Waals surface area contributed by atoms with Crippen molar-refractivity contribution in [3.8, 4) is 0 Å². The van der Waals surface area contributed by atoms with Gasteiger partial charge in [-0.15, -0.1) is 0 Å². The van der Waals surface area contributed by atoms with E-state index in [1.165, 1.54) is 4.90 Å². The second-order valence-electron chi connectivity index (χ2n) is 8.10. The smallest absolute Gasteiger partial charge is 0.417 e. The van der Waals surface area contributed by atoms with Crippen LogP contribution < -0.4 is 0 Å². The van der Waals surface area contributed by atoms with Crippen LogP contribution in [0.4, 0.5) is 4.79 Å². The maximum absolute atomic E-state index is 13.6. The van der Waals surface area contributed by atoms with Gasteiger partial charge in [-0.3, -0.25) is 4.79 Å². The van der Waals surface area contributed by atoms with E-state index in [0.29, 0.717) is 18.4 Å². The van der Waals surface area contributed by atoms with Crippen molar-refractivity contribution in [3.63, 3.8) is 0 Å². The Morgan fingerprint density at radius 2 is 1.74 bits per heavy atom. The monoisotopic (exact) mass is 439 g/mol. The van der Waals surface area contributed by atoms with Crippen molar-refractivity contribution in [2.24, 2.45) is 5.41 Å². The lowest BCUT2D eigenvalue weighted by molar-refractivity contribution is -0.140. The highest BCUT2D eigenvalue weighted by Gasteiger charge is 2.49. The van der Waals surface area contributed by atoms with E-state index in [0.717, 1.165) is 16.7 Å². The molecule has 0 N–H and O–H groups in total. The Morgan fingerprint density at radius 3 is 2.39 bits per heavy atom. The van der Waals surface area contributed by atoms with Gasteiger partial charge in [0.05, 0.1) is 5.41 Å². The minimum absolute atomic E-state index is 0.104. The summed E-state index contributed by atoms with van der Waals surface area (Å²) in [5, 5.41) is 0. The minimum Gasteiger partial charge on any atom is -0.446 e. The summed E-state index contributed by atoms with van der Waals surface area (Å²) < 4.78 is 9.73. The van der Waals surface area contributed by atoms with Gasteiger partial charge in [-0.1, -0.05) is 67.6 Å². The number of carbonyl (C=O) groups is 3. The first kappa shape index (κ1) is 21.1. The van der Waals surface area contributed by atoms with Gasteiger partial charge in [0.2, 0.25) is 5.91 Å². The van der Waals surface area contributed by atoms with Crippen molar-refractivity contribution in [2.75, 3.05) is 6.61 Å². The third kappa shape index (κ3) is 3.95. The SMILES string of the molecule is CC1(C(=O)N2C(=O)OC[C@H]2c2ccccc2)CCC(c2ccccc2)=C(C(=O)OCl)C1. The van der Waals surface area contributed by atoms with Gasteiger partial charge < -0.3 is 9.03 Å². The van der Waals surface area contributed by atoms with E-state index in [1.54, 1.807) is 6.92 Å². The summed E-state index contributed by atoms with van der Waals surface area (Å²) in [6.45, 7) is 1.87. The largest absolute Gasteiger partial charge is 0.446 e. The molecule has 1 heterocycles. The van der Waals surface area contributed by atoms with Crippen LogP contribution in [-0.2, 0) is 18.6 Å². The Bertz CT molecular complexity index is 1040. The Labute approximate surface area is 185 Å². The third-order valence-corrected chi connectivity index (χ3v) is 6.23. The van der Waals surface area contributed by atoms with Crippen LogP contribution in [-0.4, -0.2) is 29.5 Å². The van der Waals surface area contributed by atoms with Crippen molar-refractivity contribution >= 4 is 35.4 Å². The molecule has 1 saturated heterocycles. The van der Waals surface area contributed by atoms with Crippen LogP contribution >= 0.6 is 11.9 Å². The Hall–Kier alpha value is -3.12. The van der Waals surface area contributed by atoms with Gasteiger partial charge in [0, 0.05) is 5.57 Å². The molecule has 0 radical (unpaired) electrons. The number of carbonyl (C=O) groups excluding carboxylic acids is 3. The van der Waals surface area contributed by atoms with Gasteiger partial charge in [-0.2, -0.15) is 0 Å². The van der Waals surface area contributed by atoms with Crippen LogP contribution in [0.15, 0.2) is 66.2 Å². The molecule has 2 amide bonds. The molecular weight excluding hydrogens is 418 g/mol. The maximum atomic E-state index is 13.6. The summed E-state index contributed by atoms with van der Waals surface area (Å²) in [7, 11) is 0. The second-order valence-corrected chi connectivity index (χ2v) is 8.26. The minimum atomic E-state index is -0.977. The molecule has 31 heavy (non-hydrogen) atoms. The van der Waals surface area contributed by atoms with Crippen molar-refractivity contribution < 1.29 is 23.4 Å². The van der Waals surface area contributed by atoms with Crippen LogP contribution in [0.5, 0.6) is 0 Å². The molecule has 2 aliphatic rings. The number of amides is 2. The van der Waals surface area contributed by atoms with E-state index in [9.17, 15) is 14.4 Å². The van der Waals surface area contributed by atoms with Crippen molar-refractivity contribution in [3.05, 3.63) is 77.4 Å². The molecule has 0 saturated carbocycles. The number of imide groups is 1. The molecule has 1 aliphatic heterocycles. The average Bonchev–Trinajstić information content (AvgIpc) is 3.20. The fraction of sp³-hybridized carbons (Fsp3) is 0.292. The molecule has 6 nitrogen and oxygen atoms in total. The van der Waals surface area contributed by atoms with Crippen molar-refractivity contribution in [1.82, 2.24) is 4.90 Å². The fourth-order valence-corrected chi connectivity index (χ4v) is 4.47. The fourth-order valence-electron chi connectivity index (χ4n) is 4.38. The second kappa shape index (κ2) is 8.55. The highest BCUT2D eigenvalue weighted by molar-refractivity contribution is 6.17. The number of nitrogens with zero attached hydrogens (tertiary/aromatic N) is 1. The Balaban J connectivity index is 1.68. The van der Waals surface area contributed by atoms with Crippen molar-refractivity contribution in [2.45, 2.75) is 32.2 Å². The van der Waals surface area contributed by atoms with Gasteiger partial charge in [0.1, 0.15) is 24.5 Å². The molecule has 1 unspecified atom stereocenters. The topological polar surface area (TPSA) is 72.9 Å². The Kier molecular flexibility index (Phi) is 5.83. The van der Waals surface area contributed by atoms with Gasteiger partial charge in [0.15, 0.2) is 0 Å². The molecule has 160 valence electrons. The van der Waals surface area contributed by atoms with E-state index in [1.807, 2.05) is 60.7 Å².